The van der Waals surface area contributed by atoms with Gasteiger partial charge >= 0.3 is 6.85 Å². The molecule has 0 unspecified atom stereocenters. The number of nitrogens with zero attached hydrogens (tertiary/aromatic N) is 3. The summed E-state index contributed by atoms with van der Waals surface area (Å²) in [6.07, 6.45) is 0. The van der Waals surface area contributed by atoms with E-state index in [2.05, 4.69) is 293 Å². The van der Waals surface area contributed by atoms with Crippen molar-refractivity contribution in [3.63, 3.8) is 0 Å². The van der Waals surface area contributed by atoms with Crippen molar-refractivity contribution in [1.29, 1.82) is 0 Å². The van der Waals surface area contributed by atoms with Gasteiger partial charge in [0, 0.05) is 78.1 Å². The molecule has 5 heterocycles. The highest BCUT2D eigenvalue weighted by atomic mass is 16.3. The van der Waals surface area contributed by atoms with Gasteiger partial charge in [0.25, 0.3) is 0 Å². The second kappa shape index (κ2) is 17.2. The Bertz CT molecular complexity index is 4940. The monoisotopic (exact) mass is 1110 g/mol. The smallest absolute Gasteiger partial charge is 0.333 e. The topological polar surface area (TPSA) is 37.7 Å². The third-order valence-electron chi connectivity index (χ3n) is 19.6. The fraction of sp³-hybridized carbons (Fsp3) is 0.241. The van der Waals surface area contributed by atoms with Gasteiger partial charge in [0.2, 0.25) is 0 Å². The number of para-hydroxylation sites is 1. The maximum atomic E-state index is 7.38. The van der Waals surface area contributed by atoms with Crippen LogP contribution in [0.4, 0.5) is 28.4 Å². The predicted octanol–water partition coefficient (Wildman–Crippen LogP) is 20.8. The van der Waals surface area contributed by atoms with E-state index in [9.17, 15) is 0 Å². The molecule has 2 aliphatic heterocycles. The summed E-state index contributed by atoms with van der Waals surface area (Å²) in [4.78, 5) is 5.07. The van der Waals surface area contributed by atoms with Crippen LogP contribution in [0, 0.1) is 0 Å². The van der Waals surface area contributed by atoms with Gasteiger partial charge in [-0.1, -0.05) is 188 Å². The quantitative estimate of drug-likeness (QED) is 0.165. The van der Waals surface area contributed by atoms with Crippen LogP contribution < -0.4 is 20.6 Å². The molecular weight excluding hydrogens is 1030 g/mol. The second-order valence-electron chi connectivity index (χ2n) is 29.4. The van der Waals surface area contributed by atoms with E-state index in [1.165, 1.54) is 83.1 Å². The zero-order valence-corrected chi connectivity index (χ0v) is 51.6. The highest BCUT2D eigenvalue weighted by molar-refractivity contribution is 6.94. The van der Waals surface area contributed by atoms with E-state index in [4.69, 9.17) is 8.83 Å². The first-order valence-corrected chi connectivity index (χ1v) is 30.6. The van der Waals surface area contributed by atoms with Crippen LogP contribution >= 0.6 is 0 Å². The minimum Gasteiger partial charge on any atom is -0.456 e. The van der Waals surface area contributed by atoms with E-state index in [1.807, 2.05) is 0 Å². The molecule has 0 fully saturated rings. The third kappa shape index (κ3) is 7.42. The van der Waals surface area contributed by atoms with Gasteiger partial charge in [-0.3, -0.25) is 0 Å². The van der Waals surface area contributed by atoms with Gasteiger partial charge in [0.1, 0.15) is 22.3 Å². The first-order chi connectivity index (χ1) is 40.4. The Morgan fingerprint density at radius 2 is 1.01 bits per heavy atom. The molecule has 0 bridgehead atoms. The molecule has 5 nitrogen and oxygen atoms in total. The largest absolute Gasteiger partial charge is 0.456 e. The van der Waals surface area contributed by atoms with Crippen molar-refractivity contribution in [2.45, 2.75) is 124 Å². The predicted molar refractivity (Wildman–Crippen MR) is 361 cm³/mol. The third-order valence-corrected chi connectivity index (χ3v) is 19.6. The van der Waals surface area contributed by atoms with Crippen LogP contribution in [-0.4, -0.2) is 11.4 Å². The van der Waals surface area contributed by atoms with Gasteiger partial charge in [-0.25, -0.2) is 0 Å². The molecule has 418 valence electrons. The molecular formula is C79H72BN3O2. The van der Waals surface area contributed by atoms with Crippen molar-refractivity contribution in [3.05, 3.63) is 215 Å². The summed E-state index contributed by atoms with van der Waals surface area (Å²) in [6.45, 7) is 32.2. The van der Waals surface area contributed by atoms with Gasteiger partial charge < -0.3 is 23.1 Å². The average molecular weight is 1110 g/mol. The van der Waals surface area contributed by atoms with Crippen LogP contribution in [0.1, 0.15) is 130 Å². The Balaban J connectivity index is 1.02. The molecule has 0 N–H and O–H groups in total. The fourth-order valence-corrected chi connectivity index (χ4v) is 14.9. The maximum Gasteiger partial charge on any atom is 0.333 e. The first kappa shape index (κ1) is 51.9. The van der Waals surface area contributed by atoms with Gasteiger partial charge in [0.15, 0.2) is 0 Å². The lowest BCUT2D eigenvalue weighted by molar-refractivity contribution is 0.590. The Morgan fingerprint density at radius 3 is 1.67 bits per heavy atom. The summed E-state index contributed by atoms with van der Waals surface area (Å²) in [5.41, 5.74) is 27.8. The number of anilines is 5. The normalized spacial score (nSPS) is 14.5. The molecule has 16 rings (SSSR count). The number of furan rings is 2. The van der Waals surface area contributed by atoms with E-state index in [1.54, 1.807) is 0 Å². The molecule has 0 radical (unpaired) electrons. The Kier molecular flexibility index (Phi) is 10.5. The number of rotatable bonds is 4. The Morgan fingerprint density at radius 1 is 0.424 bits per heavy atom. The Labute approximate surface area is 499 Å². The summed E-state index contributed by atoms with van der Waals surface area (Å²) in [7, 11) is 0. The number of hydrogen-bond donors (Lipinski definition) is 0. The van der Waals surface area contributed by atoms with Gasteiger partial charge in [0.05, 0.1) is 16.4 Å². The standard InChI is InChI=1S/C79H72BN3O2/c1-75(2,3)45-23-30-49(31-24-45)81(50-32-25-46(26-33-50)76(4,5)6)52-36-37-54-57-42-64-59(43-68(57)84-67(54)40-52)69-70-55-20-16-18-22-66(55)85-74(70)71-58-39-48(78(10,11)12)29-38-63(58)82-65-41-56-53-19-15-17-21-60(53)79(13,14)61(56)44-62(65)80(72(69)73(71)82)83(64)51-34-27-47(28-35-51)77(7,8)9/h15-44H,1-14H3. The summed E-state index contributed by atoms with van der Waals surface area (Å²) in [5.74, 6) is 0. The maximum absolute atomic E-state index is 7.38. The van der Waals surface area contributed by atoms with Crippen molar-refractivity contribution in [2.24, 2.45) is 0 Å². The fourth-order valence-electron chi connectivity index (χ4n) is 14.9. The van der Waals surface area contributed by atoms with Crippen molar-refractivity contribution >= 4 is 112 Å². The van der Waals surface area contributed by atoms with Crippen LogP contribution in [-0.2, 0) is 27.1 Å². The van der Waals surface area contributed by atoms with E-state index in [-0.39, 0.29) is 33.9 Å². The lowest BCUT2D eigenvalue weighted by atomic mass is 9.43. The minimum atomic E-state index is -0.229. The molecule has 13 aromatic rings. The summed E-state index contributed by atoms with van der Waals surface area (Å²) >= 11 is 0. The van der Waals surface area contributed by atoms with Gasteiger partial charge in [-0.15, -0.1) is 0 Å². The second-order valence-corrected chi connectivity index (χ2v) is 29.4. The molecule has 1 aliphatic carbocycles. The molecule has 0 saturated heterocycles. The summed E-state index contributed by atoms with van der Waals surface area (Å²) < 4.78 is 17.3. The van der Waals surface area contributed by atoms with E-state index in [0.29, 0.717) is 0 Å². The lowest BCUT2D eigenvalue weighted by Crippen LogP contribution is -2.60. The first-order valence-electron chi connectivity index (χ1n) is 30.6. The van der Waals surface area contributed by atoms with E-state index < -0.39 is 0 Å². The minimum absolute atomic E-state index is 0.0256. The van der Waals surface area contributed by atoms with Crippen LogP contribution in [0.25, 0.3) is 93.6 Å². The number of hydrogen-bond acceptors (Lipinski definition) is 4. The summed E-state index contributed by atoms with van der Waals surface area (Å²) in [5, 5.41) is 6.79. The lowest BCUT2D eigenvalue weighted by Gasteiger charge is -2.42. The van der Waals surface area contributed by atoms with Gasteiger partial charge in [-0.2, -0.15) is 0 Å². The molecule has 0 amide bonds. The van der Waals surface area contributed by atoms with Crippen LogP contribution in [0.15, 0.2) is 191 Å². The highest BCUT2D eigenvalue weighted by Gasteiger charge is 2.48. The SMILES string of the molecule is CC(C)(C)c1ccc(N2B3c4cc5c(cc4-n4c6ccc(C(C)(C)C)cc6c6c7oc8ccccc8c7c(c3c64)-c3cc4oc6cc(N(c7ccc(C(C)(C)C)cc7)c7ccc(C(C)(C)C)cc7)ccc6c4cc32)-c2ccccc2C5(C)C)cc1. The zero-order valence-electron chi connectivity index (χ0n) is 51.6. The number of fused-ring (bicyclic) bond motifs is 19. The van der Waals surface area contributed by atoms with Crippen molar-refractivity contribution in [1.82, 2.24) is 4.57 Å². The van der Waals surface area contributed by atoms with Crippen molar-refractivity contribution < 1.29 is 8.83 Å². The number of benzene rings is 10. The Hall–Kier alpha value is -8.74. The van der Waals surface area contributed by atoms with Crippen molar-refractivity contribution in [3.8, 4) is 27.9 Å². The molecule has 6 heteroatoms. The van der Waals surface area contributed by atoms with Crippen LogP contribution in [0.3, 0.4) is 0 Å². The molecule has 85 heavy (non-hydrogen) atoms. The molecule has 0 spiro atoms. The molecule has 0 atom stereocenters. The van der Waals surface area contributed by atoms with E-state index >= 15 is 0 Å². The summed E-state index contributed by atoms with van der Waals surface area (Å²) in [6, 6.07) is 69.5. The average Bonchev–Trinajstić information content (AvgIpc) is 1.59. The molecule has 3 aromatic heterocycles. The molecule has 10 aromatic carbocycles. The molecule has 0 saturated carbocycles. The molecule has 3 aliphatic rings. The van der Waals surface area contributed by atoms with Crippen LogP contribution in [0.5, 0.6) is 0 Å². The zero-order chi connectivity index (χ0) is 58.8. The van der Waals surface area contributed by atoms with E-state index in [0.717, 1.165) is 83.3 Å². The number of aromatic nitrogens is 1. The van der Waals surface area contributed by atoms with Crippen LogP contribution in [0.2, 0.25) is 0 Å². The van der Waals surface area contributed by atoms with Gasteiger partial charge in [-0.05, 0) is 168 Å². The highest BCUT2D eigenvalue weighted by Crippen LogP contribution is 2.55. The van der Waals surface area contributed by atoms with Crippen molar-refractivity contribution in [2.75, 3.05) is 9.71 Å².